The van der Waals surface area contributed by atoms with Gasteiger partial charge < -0.3 is 15.0 Å². The van der Waals surface area contributed by atoms with Gasteiger partial charge in [0.25, 0.3) is 5.56 Å². The summed E-state index contributed by atoms with van der Waals surface area (Å²) in [5.74, 6) is -0.0211. The maximum absolute atomic E-state index is 13.5. The molecular weight excluding hydrogens is 370 g/mol. The Bertz CT molecular complexity index is 1170. The molecule has 140 valence electrons. The van der Waals surface area contributed by atoms with E-state index in [2.05, 4.69) is 6.07 Å². The number of rotatable bonds is 3. The van der Waals surface area contributed by atoms with E-state index in [0.717, 1.165) is 16.1 Å². The molecule has 1 atom stereocenters. The van der Waals surface area contributed by atoms with Crippen LogP contribution in [0, 0.1) is 25.2 Å². The molecule has 6 heteroatoms. The predicted octanol–water partition coefficient (Wildman–Crippen LogP) is 3.79. The van der Waals surface area contributed by atoms with Gasteiger partial charge in [-0.05, 0) is 30.9 Å². The number of thiophene rings is 1. The number of nitrogens with zero attached hydrogens (tertiary/aromatic N) is 2. The highest BCUT2D eigenvalue weighted by molar-refractivity contribution is 7.10. The molecule has 0 fully saturated rings. The molecule has 0 saturated heterocycles. The number of pyridine rings is 1. The van der Waals surface area contributed by atoms with Gasteiger partial charge in [-0.2, -0.15) is 5.26 Å². The average molecular weight is 389 g/mol. The van der Waals surface area contributed by atoms with Crippen molar-refractivity contribution in [3.05, 3.63) is 96.9 Å². The minimum atomic E-state index is -0.508. The molecular formula is C22H19N3O2S. The molecule has 2 N–H and O–H groups in total. The van der Waals surface area contributed by atoms with E-state index in [4.69, 9.17) is 10.5 Å². The molecule has 1 aliphatic heterocycles. The van der Waals surface area contributed by atoms with Crippen LogP contribution in [0.3, 0.4) is 0 Å². The van der Waals surface area contributed by atoms with E-state index >= 15 is 0 Å². The molecule has 0 radical (unpaired) electrons. The Morgan fingerprint density at radius 3 is 2.64 bits per heavy atom. The number of aryl methyl sites for hydroxylation is 2. The highest BCUT2D eigenvalue weighted by atomic mass is 32.1. The van der Waals surface area contributed by atoms with E-state index in [1.54, 1.807) is 4.57 Å². The van der Waals surface area contributed by atoms with Crippen LogP contribution in [0.4, 0.5) is 0 Å². The van der Waals surface area contributed by atoms with Crippen LogP contribution in [0.15, 0.2) is 64.1 Å². The van der Waals surface area contributed by atoms with Crippen LogP contribution in [0.1, 0.15) is 33.2 Å². The van der Waals surface area contributed by atoms with Crippen molar-refractivity contribution >= 4 is 11.3 Å². The second-order valence-electron chi connectivity index (χ2n) is 6.88. The first-order chi connectivity index (χ1) is 13.5. The second-order valence-corrected chi connectivity index (χ2v) is 7.86. The molecule has 1 aromatic carbocycles. The maximum Gasteiger partial charge on any atom is 0.259 e. The van der Waals surface area contributed by atoms with E-state index in [9.17, 15) is 10.1 Å². The molecule has 5 nitrogen and oxygen atoms in total. The predicted molar refractivity (Wildman–Crippen MR) is 109 cm³/mol. The lowest BCUT2D eigenvalue weighted by Gasteiger charge is -2.26. The van der Waals surface area contributed by atoms with Crippen molar-refractivity contribution in [1.29, 1.82) is 5.26 Å². The fourth-order valence-electron chi connectivity index (χ4n) is 3.50. The molecule has 0 amide bonds. The Morgan fingerprint density at radius 1 is 1.25 bits per heavy atom. The number of aromatic nitrogens is 1. The molecule has 2 aromatic heterocycles. The first-order valence-electron chi connectivity index (χ1n) is 8.90. The number of allylic oxidation sites excluding steroid dienone is 1. The van der Waals surface area contributed by atoms with Crippen molar-refractivity contribution in [2.75, 3.05) is 0 Å². The van der Waals surface area contributed by atoms with Crippen LogP contribution < -0.4 is 16.0 Å². The third kappa shape index (κ3) is 3.00. The van der Waals surface area contributed by atoms with E-state index in [1.807, 2.05) is 61.7 Å². The molecule has 1 aliphatic rings. The molecule has 4 rings (SSSR count). The standard InChI is InChI=1S/C22H19N3O2S/c1-13-5-7-15(8-6-13)12-25-14(2)10-17-20(22(25)26)19(18-4-3-9-28-18)16(11-23)21(24)27-17/h3-10,19H,12,24H2,1-2H3/t19-/m0/s1. The van der Waals surface area contributed by atoms with Gasteiger partial charge in [0.1, 0.15) is 17.4 Å². The van der Waals surface area contributed by atoms with Crippen LogP contribution in [-0.4, -0.2) is 4.57 Å². The third-order valence-corrected chi connectivity index (χ3v) is 5.92. The van der Waals surface area contributed by atoms with Gasteiger partial charge in [-0.15, -0.1) is 11.3 Å². The average Bonchev–Trinajstić information content (AvgIpc) is 3.20. The lowest BCUT2D eigenvalue weighted by Crippen LogP contribution is -2.32. The zero-order valence-electron chi connectivity index (χ0n) is 15.6. The minimum absolute atomic E-state index is 0.0588. The highest BCUT2D eigenvalue weighted by Crippen LogP contribution is 2.41. The summed E-state index contributed by atoms with van der Waals surface area (Å²) < 4.78 is 7.40. The zero-order chi connectivity index (χ0) is 19.8. The molecule has 0 unspecified atom stereocenters. The van der Waals surface area contributed by atoms with Crippen molar-refractivity contribution in [2.24, 2.45) is 5.73 Å². The first kappa shape index (κ1) is 18.1. The van der Waals surface area contributed by atoms with E-state index < -0.39 is 5.92 Å². The number of hydrogen-bond donors (Lipinski definition) is 1. The van der Waals surface area contributed by atoms with Crippen LogP contribution in [0.25, 0.3) is 0 Å². The number of fused-ring (bicyclic) bond motifs is 1. The highest BCUT2D eigenvalue weighted by Gasteiger charge is 2.34. The smallest absolute Gasteiger partial charge is 0.259 e. The number of ether oxygens (including phenoxy) is 1. The van der Waals surface area contributed by atoms with Gasteiger partial charge in [-0.3, -0.25) is 4.79 Å². The van der Waals surface area contributed by atoms with Gasteiger partial charge in [0, 0.05) is 16.6 Å². The van der Waals surface area contributed by atoms with E-state index in [0.29, 0.717) is 17.9 Å². The monoisotopic (exact) mass is 389 g/mol. The Hall–Kier alpha value is -3.30. The van der Waals surface area contributed by atoms with Gasteiger partial charge in [-0.25, -0.2) is 0 Å². The van der Waals surface area contributed by atoms with Gasteiger partial charge >= 0.3 is 0 Å². The van der Waals surface area contributed by atoms with Crippen molar-refractivity contribution < 1.29 is 4.74 Å². The molecule has 0 aliphatic carbocycles. The lowest BCUT2D eigenvalue weighted by atomic mass is 9.88. The minimum Gasteiger partial charge on any atom is -0.440 e. The molecule has 3 heterocycles. The fraction of sp³-hybridized carbons (Fsp3) is 0.182. The first-order valence-corrected chi connectivity index (χ1v) is 9.78. The topological polar surface area (TPSA) is 81.0 Å². The molecule has 28 heavy (non-hydrogen) atoms. The van der Waals surface area contributed by atoms with E-state index in [1.165, 1.54) is 16.9 Å². The molecule has 0 saturated carbocycles. The Kier molecular flexibility index (Phi) is 4.54. The summed E-state index contributed by atoms with van der Waals surface area (Å²) in [6.45, 7) is 4.36. The number of nitriles is 1. The summed E-state index contributed by atoms with van der Waals surface area (Å²) in [5, 5.41) is 11.6. The summed E-state index contributed by atoms with van der Waals surface area (Å²) in [6.07, 6.45) is 0. The normalized spacial score (nSPS) is 15.7. The van der Waals surface area contributed by atoms with Crippen LogP contribution in [0.2, 0.25) is 0 Å². The number of nitrogens with two attached hydrogens (primary N) is 1. The Balaban J connectivity index is 1.89. The summed E-state index contributed by atoms with van der Waals surface area (Å²) in [5.41, 5.74) is 9.58. The molecule has 0 spiro atoms. The summed E-state index contributed by atoms with van der Waals surface area (Å²) in [4.78, 5) is 14.4. The van der Waals surface area contributed by atoms with Crippen LogP contribution in [0.5, 0.6) is 5.75 Å². The van der Waals surface area contributed by atoms with Crippen LogP contribution in [-0.2, 0) is 6.54 Å². The maximum atomic E-state index is 13.5. The van der Waals surface area contributed by atoms with E-state index in [-0.39, 0.29) is 17.0 Å². The SMILES string of the molecule is Cc1ccc(Cn2c(C)cc3c(c2=O)[C@H](c2cccs2)C(C#N)=C(N)O3)cc1. The summed E-state index contributed by atoms with van der Waals surface area (Å²) >= 11 is 1.49. The van der Waals surface area contributed by atoms with Gasteiger partial charge in [0.15, 0.2) is 0 Å². The second kappa shape index (κ2) is 7.02. The third-order valence-electron chi connectivity index (χ3n) is 4.98. The Labute approximate surface area is 166 Å². The lowest BCUT2D eigenvalue weighted by molar-refractivity contribution is 0.389. The summed E-state index contributed by atoms with van der Waals surface area (Å²) in [7, 11) is 0. The van der Waals surface area contributed by atoms with Crippen molar-refractivity contribution in [2.45, 2.75) is 26.3 Å². The Morgan fingerprint density at radius 2 is 2.00 bits per heavy atom. The molecule has 0 bridgehead atoms. The summed E-state index contributed by atoms with van der Waals surface area (Å²) in [6, 6.07) is 15.9. The van der Waals surface area contributed by atoms with Crippen molar-refractivity contribution in [1.82, 2.24) is 4.57 Å². The zero-order valence-corrected chi connectivity index (χ0v) is 16.4. The van der Waals surface area contributed by atoms with Crippen molar-refractivity contribution in [3.63, 3.8) is 0 Å². The molecule has 3 aromatic rings. The fourth-order valence-corrected chi connectivity index (χ4v) is 4.34. The van der Waals surface area contributed by atoms with Gasteiger partial charge in [0.05, 0.1) is 18.0 Å². The largest absolute Gasteiger partial charge is 0.440 e. The number of hydrogen-bond acceptors (Lipinski definition) is 5. The quantitative estimate of drug-likeness (QED) is 0.739. The van der Waals surface area contributed by atoms with Crippen LogP contribution >= 0.6 is 11.3 Å². The van der Waals surface area contributed by atoms with Gasteiger partial charge in [0.2, 0.25) is 5.88 Å². The number of benzene rings is 1. The van der Waals surface area contributed by atoms with Crippen molar-refractivity contribution in [3.8, 4) is 11.8 Å². The van der Waals surface area contributed by atoms with Gasteiger partial charge in [-0.1, -0.05) is 35.9 Å².